The van der Waals surface area contributed by atoms with E-state index in [1.54, 1.807) is 11.8 Å². The fourth-order valence-corrected chi connectivity index (χ4v) is 5.78. The van der Waals surface area contributed by atoms with Crippen molar-refractivity contribution in [3.05, 3.63) is 96.6 Å². The molecule has 2 aliphatic heterocycles. The highest BCUT2D eigenvalue weighted by Gasteiger charge is 2.36. The van der Waals surface area contributed by atoms with Crippen LogP contribution < -0.4 is 0 Å². The Hall–Kier alpha value is -1.56. The van der Waals surface area contributed by atoms with Crippen molar-refractivity contribution in [1.82, 2.24) is 4.90 Å². The molecule has 1 atom stereocenters. The maximum Gasteiger partial charge on any atom is 0.173 e. The number of rotatable bonds is 2. The molecule has 0 bridgehead atoms. The number of thioether (sulfide) groups is 1. The van der Waals surface area contributed by atoms with Crippen LogP contribution in [-0.4, -0.2) is 10.1 Å². The van der Waals surface area contributed by atoms with Crippen molar-refractivity contribution >= 4 is 54.9 Å². The van der Waals surface area contributed by atoms with Crippen LogP contribution >= 0.6 is 43.6 Å². The Balaban J connectivity index is 1.65. The molecule has 0 N–H and O–H groups in total. The van der Waals surface area contributed by atoms with E-state index in [2.05, 4.69) is 104 Å². The van der Waals surface area contributed by atoms with Crippen molar-refractivity contribution < 1.29 is 0 Å². The van der Waals surface area contributed by atoms with Gasteiger partial charge >= 0.3 is 0 Å². The van der Waals surface area contributed by atoms with E-state index >= 15 is 0 Å². The van der Waals surface area contributed by atoms with Crippen LogP contribution in [0.2, 0.25) is 0 Å². The monoisotopic (exact) mass is 540 g/mol. The summed E-state index contributed by atoms with van der Waals surface area (Å²) in [6.07, 6.45) is 9.19. The number of hydrogen-bond donors (Lipinski definition) is 0. The Morgan fingerprint density at radius 3 is 2.37 bits per heavy atom. The third-order valence-corrected chi connectivity index (χ3v) is 7.73. The standard InChI is InChI=1S/C25H22Br2N2S/c1-16-15-29-24(18-8-12-21(27)13-9-18)22-5-3-2-4-19(23(22)28-25(29)30-16)14-17-6-10-20(26)11-7-17/h6-15,24H,2-5H2,1H3/b19-14+. The number of halogens is 2. The molecule has 30 heavy (non-hydrogen) atoms. The molecule has 0 saturated heterocycles. The first-order valence-corrected chi connectivity index (χ1v) is 12.7. The van der Waals surface area contributed by atoms with Gasteiger partial charge in [-0.3, -0.25) is 0 Å². The third-order valence-electron chi connectivity index (χ3n) is 5.76. The molecule has 0 fully saturated rings. The molecule has 0 spiro atoms. The van der Waals surface area contributed by atoms with Crippen molar-refractivity contribution in [3.8, 4) is 0 Å². The minimum absolute atomic E-state index is 0.219. The van der Waals surface area contributed by atoms with Crippen molar-refractivity contribution in [2.75, 3.05) is 0 Å². The van der Waals surface area contributed by atoms with Crippen LogP contribution in [0.25, 0.3) is 6.08 Å². The highest BCUT2D eigenvalue weighted by molar-refractivity contribution is 9.10. The fraction of sp³-hybridized carbons (Fsp3) is 0.240. The number of aliphatic imine (C=N–C) groups is 1. The molecule has 2 heterocycles. The largest absolute Gasteiger partial charge is 0.315 e. The van der Waals surface area contributed by atoms with E-state index in [0.717, 1.165) is 27.0 Å². The van der Waals surface area contributed by atoms with Gasteiger partial charge in [-0.1, -0.05) is 67.9 Å². The Morgan fingerprint density at radius 1 is 0.967 bits per heavy atom. The second kappa shape index (κ2) is 8.52. The van der Waals surface area contributed by atoms with Gasteiger partial charge in [0, 0.05) is 20.1 Å². The van der Waals surface area contributed by atoms with Crippen LogP contribution in [0.3, 0.4) is 0 Å². The van der Waals surface area contributed by atoms with Gasteiger partial charge < -0.3 is 4.90 Å². The third kappa shape index (κ3) is 4.00. The van der Waals surface area contributed by atoms with Gasteiger partial charge in [-0.25, -0.2) is 4.99 Å². The molecule has 2 nitrogen and oxygen atoms in total. The molecular formula is C25H22Br2N2S. The summed E-state index contributed by atoms with van der Waals surface area (Å²) in [6.45, 7) is 2.17. The molecule has 0 amide bonds. The lowest BCUT2D eigenvalue weighted by atomic mass is 9.90. The topological polar surface area (TPSA) is 15.6 Å². The lowest BCUT2D eigenvalue weighted by molar-refractivity contribution is 0.448. The van der Waals surface area contributed by atoms with Gasteiger partial charge in [-0.2, -0.15) is 0 Å². The van der Waals surface area contributed by atoms with Gasteiger partial charge in [0.1, 0.15) is 0 Å². The highest BCUT2D eigenvalue weighted by atomic mass is 79.9. The average molecular weight is 542 g/mol. The quantitative estimate of drug-likeness (QED) is 0.379. The number of benzene rings is 2. The van der Waals surface area contributed by atoms with E-state index < -0.39 is 0 Å². The Bertz CT molecular complexity index is 1090. The zero-order valence-electron chi connectivity index (χ0n) is 16.7. The molecule has 3 aliphatic rings. The fourth-order valence-electron chi connectivity index (χ4n) is 4.39. The summed E-state index contributed by atoms with van der Waals surface area (Å²) < 4.78 is 2.22. The first-order valence-electron chi connectivity index (χ1n) is 10.3. The molecule has 0 aromatic heterocycles. The second-order valence-corrected chi connectivity index (χ2v) is 10.9. The van der Waals surface area contributed by atoms with Gasteiger partial charge in [-0.15, -0.1) is 0 Å². The molecule has 2 aromatic carbocycles. The first-order chi connectivity index (χ1) is 14.6. The zero-order valence-corrected chi connectivity index (χ0v) is 20.7. The maximum absolute atomic E-state index is 5.21. The lowest BCUT2D eigenvalue weighted by Crippen LogP contribution is -2.31. The van der Waals surface area contributed by atoms with E-state index in [1.165, 1.54) is 45.7 Å². The van der Waals surface area contributed by atoms with Gasteiger partial charge in [0.05, 0.1) is 11.7 Å². The molecule has 5 heteroatoms. The number of fused-ring (bicyclic) bond motifs is 1. The smallest absolute Gasteiger partial charge is 0.173 e. The van der Waals surface area contributed by atoms with E-state index in [4.69, 9.17) is 4.99 Å². The van der Waals surface area contributed by atoms with E-state index in [-0.39, 0.29) is 6.04 Å². The Kier molecular flexibility index (Phi) is 5.78. The summed E-state index contributed by atoms with van der Waals surface area (Å²) in [4.78, 5) is 8.89. The van der Waals surface area contributed by atoms with Crippen molar-refractivity contribution in [3.63, 3.8) is 0 Å². The normalized spacial score (nSPS) is 22.4. The predicted octanol–water partition coefficient (Wildman–Crippen LogP) is 8.44. The SMILES string of the molecule is CC1=CN2C(=NC3=C(CCCC/C3=C\c3ccc(Br)cc3)C2c2ccc(Br)cc2)S1. The summed E-state index contributed by atoms with van der Waals surface area (Å²) in [5.41, 5.74) is 6.59. The number of nitrogens with zero attached hydrogens (tertiary/aromatic N) is 2. The van der Waals surface area contributed by atoms with Crippen molar-refractivity contribution in [2.45, 2.75) is 38.6 Å². The van der Waals surface area contributed by atoms with Gasteiger partial charge in [0.15, 0.2) is 5.17 Å². The molecule has 1 aliphatic carbocycles. The van der Waals surface area contributed by atoms with Crippen LogP contribution in [0, 0.1) is 0 Å². The number of hydrogen-bond acceptors (Lipinski definition) is 3. The predicted molar refractivity (Wildman–Crippen MR) is 135 cm³/mol. The Labute approximate surface area is 199 Å². The van der Waals surface area contributed by atoms with Gasteiger partial charge in [0.2, 0.25) is 0 Å². The van der Waals surface area contributed by atoms with Gasteiger partial charge in [0.25, 0.3) is 0 Å². The first kappa shape index (κ1) is 20.3. The molecule has 5 rings (SSSR count). The van der Waals surface area contributed by atoms with Crippen molar-refractivity contribution in [2.24, 2.45) is 4.99 Å². The molecule has 0 saturated carbocycles. The minimum Gasteiger partial charge on any atom is -0.315 e. The van der Waals surface area contributed by atoms with E-state index in [1.807, 2.05) is 0 Å². The van der Waals surface area contributed by atoms with Crippen molar-refractivity contribution in [1.29, 1.82) is 0 Å². The Morgan fingerprint density at radius 2 is 1.63 bits per heavy atom. The summed E-state index contributed by atoms with van der Waals surface area (Å²) in [5, 5.41) is 1.10. The van der Waals surface area contributed by atoms with Crippen LogP contribution in [-0.2, 0) is 0 Å². The van der Waals surface area contributed by atoms with E-state index in [0.29, 0.717) is 0 Å². The zero-order chi connectivity index (χ0) is 20.7. The average Bonchev–Trinajstić information content (AvgIpc) is 3.00. The van der Waals surface area contributed by atoms with Crippen LogP contribution in [0.15, 0.2) is 90.4 Å². The number of amidine groups is 1. The van der Waals surface area contributed by atoms with Gasteiger partial charge in [-0.05, 0) is 85.2 Å². The molecule has 152 valence electrons. The van der Waals surface area contributed by atoms with Crippen LogP contribution in [0.1, 0.15) is 49.8 Å². The second-order valence-electron chi connectivity index (χ2n) is 7.90. The van der Waals surface area contributed by atoms with E-state index in [9.17, 15) is 0 Å². The lowest BCUT2D eigenvalue weighted by Gasteiger charge is -2.35. The molecule has 0 radical (unpaired) electrons. The highest BCUT2D eigenvalue weighted by Crippen LogP contribution is 2.48. The van der Waals surface area contributed by atoms with Crippen LogP contribution in [0.5, 0.6) is 0 Å². The summed E-state index contributed by atoms with van der Waals surface area (Å²) in [6, 6.07) is 17.6. The molecule has 2 aromatic rings. The number of allylic oxidation sites excluding steroid dienone is 2. The molecular weight excluding hydrogens is 520 g/mol. The maximum atomic E-state index is 5.21. The molecule has 1 unspecified atom stereocenters. The van der Waals surface area contributed by atoms with Crippen LogP contribution in [0.4, 0.5) is 0 Å². The summed E-state index contributed by atoms with van der Waals surface area (Å²) in [7, 11) is 0. The summed E-state index contributed by atoms with van der Waals surface area (Å²) >= 11 is 8.92. The minimum atomic E-state index is 0.219. The summed E-state index contributed by atoms with van der Waals surface area (Å²) in [5.74, 6) is 0.